The van der Waals surface area contributed by atoms with Crippen molar-refractivity contribution < 1.29 is 8.42 Å². The number of piperidine rings is 1. The molecular weight excluding hydrogens is 358 g/mol. The third-order valence-corrected chi connectivity index (χ3v) is 7.29. The highest BCUT2D eigenvalue weighted by Gasteiger charge is 2.29. The number of aromatic amines is 1. The Hall–Kier alpha value is -2.15. The molecule has 0 atom stereocenters. The van der Waals surface area contributed by atoms with Crippen LogP contribution < -0.4 is 5.32 Å². The lowest BCUT2D eigenvalue weighted by molar-refractivity contribution is 0.289. The predicted octanol–water partition coefficient (Wildman–Crippen LogP) is 3.42. The van der Waals surface area contributed by atoms with Gasteiger partial charge in [0.25, 0.3) is 0 Å². The van der Waals surface area contributed by atoms with Gasteiger partial charge in [0.1, 0.15) is 0 Å². The molecule has 1 aliphatic rings. The van der Waals surface area contributed by atoms with Crippen LogP contribution in [0.2, 0.25) is 0 Å². The molecule has 1 aliphatic heterocycles. The molecule has 0 unspecified atom stereocenters. The lowest BCUT2D eigenvalue weighted by Gasteiger charge is -2.31. The van der Waals surface area contributed by atoms with Gasteiger partial charge in [-0.05, 0) is 49.6 Å². The quantitative estimate of drug-likeness (QED) is 0.709. The van der Waals surface area contributed by atoms with Crippen LogP contribution in [0, 0.1) is 6.92 Å². The highest BCUT2D eigenvalue weighted by molar-refractivity contribution is 7.89. The van der Waals surface area contributed by atoms with E-state index in [2.05, 4.69) is 34.6 Å². The number of hydrogen-bond donors (Lipinski definition) is 2. The van der Waals surface area contributed by atoms with Crippen LogP contribution in [0.4, 0.5) is 0 Å². The highest BCUT2D eigenvalue weighted by Crippen LogP contribution is 2.22. The van der Waals surface area contributed by atoms with Gasteiger partial charge in [-0.1, -0.05) is 29.8 Å². The van der Waals surface area contributed by atoms with Crippen molar-refractivity contribution in [2.45, 2.75) is 37.2 Å². The van der Waals surface area contributed by atoms with E-state index < -0.39 is 10.0 Å². The zero-order chi connectivity index (χ0) is 18.9. The predicted molar refractivity (Wildman–Crippen MR) is 108 cm³/mol. The van der Waals surface area contributed by atoms with E-state index in [0.717, 1.165) is 30.5 Å². The van der Waals surface area contributed by atoms with Crippen molar-refractivity contribution in [3.05, 3.63) is 65.9 Å². The van der Waals surface area contributed by atoms with Crippen molar-refractivity contribution in [3.63, 3.8) is 0 Å². The minimum atomic E-state index is -3.39. The van der Waals surface area contributed by atoms with E-state index in [1.54, 1.807) is 16.4 Å². The number of aryl methyl sites for hydroxylation is 1. The maximum absolute atomic E-state index is 12.8. The van der Waals surface area contributed by atoms with E-state index >= 15 is 0 Å². The highest BCUT2D eigenvalue weighted by atomic mass is 32.2. The Morgan fingerprint density at radius 2 is 1.81 bits per heavy atom. The van der Waals surface area contributed by atoms with E-state index in [1.165, 1.54) is 10.9 Å². The molecule has 2 N–H and O–H groups in total. The first-order chi connectivity index (χ1) is 13.0. The fourth-order valence-corrected chi connectivity index (χ4v) is 5.19. The summed E-state index contributed by atoms with van der Waals surface area (Å²) in [4.78, 5) is 3.63. The summed E-state index contributed by atoms with van der Waals surface area (Å²) in [6, 6.07) is 15.8. The first-order valence-corrected chi connectivity index (χ1v) is 10.8. The SMILES string of the molecule is Cc1ccc(S(=O)(=O)N2CCC(NCc3cccc4[nH]ccc34)CC2)cc1. The number of nitrogens with one attached hydrogen (secondary N) is 2. The average Bonchev–Trinajstić information content (AvgIpc) is 3.16. The van der Waals surface area contributed by atoms with E-state index in [0.29, 0.717) is 24.0 Å². The van der Waals surface area contributed by atoms with Gasteiger partial charge in [-0.2, -0.15) is 4.31 Å². The molecule has 0 saturated carbocycles. The van der Waals surface area contributed by atoms with Crippen molar-refractivity contribution >= 4 is 20.9 Å². The Morgan fingerprint density at radius 3 is 2.56 bits per heavy atom. The fourth-order valence-electron chi connectivity index (χ4n) is 3.72. The number of hydrogen-bond acceptors (Lipinski definition) is 3. The number of aromatic nitrogens is 1. The molecule has 2 aromatic carbocycles. The number of benzene rings is 2. The van der Waals surface area contributed by atoms with Crippen molar-refractivity contribution in [3.8, 4) is 0 Å². The molecule has 2 heterocycles. The molecule has 1 saturated heterocycles. The van der Waals surface area contributed by atoms with Crippen molar-refractivity contribution in [2.24, 2.45) is 0 Å². The third kappa shape index (κ3) is 3.78. The Bertz CT molecular complexity index is 1020. The molecule has 0 bridgehead atoms. The number of rotatable bonds is 5. The van der Waals surface area contributed by atoms with Crippen LogP contribution in [0.25, 0.3) is 10.9 Å². The van der Waals surface area contributed by atoms with Gasteiger partial charge in [0.2, 0.25) is 10.0 Å². The van der Waals surface area contributed by atoms with Gasteiger partial charge in [0.05, 0.1) is 4.90 Å². The van der Waals surface area contributed by atoms with Crippen LogP contribution in [-0.4, -0.2) is 36.8 Å². The average molecular weight is 384 g/mol. The normalized spacial score (nSPS) is 16.8. The van der Waals surface area contributed by atoms with E-state index in [4.69, 9.17) is 0 Å². The number of fused-ring (bicyclic) bond motifs is 1. The Balaban J connectivity index is 1.36. The van der Waals surface area contributed by atoms with Crippen LogP contribution >= 0.6 is 0 Å². The van der Waals surface area contributed by atoms with Crippen LogP contribution in [0.1, 0.15) is 24.0 Å². The van der Waals surface area contributed by atoms with Crippen LogP contribution in [-0.2, 0) is 16.6 Å². The van der Waals surface area contributed by atoms with Gasteiger partial charge in [-0.15, -0.1) is 0 Å². The second-order valence-electron chi connectivity index (χ2n) is 7.23. The first-order valence-electron chi connectivity index (χ1n) is 9.39. The molecule has 1 fully saturated rings. The molecule has 0 radical (unpaired) electrons. The molecule has 4 rings (SSSR count). The molecule has 142 valence electrons. The molecule has 5 nitrogen and oxygen atoms in total. The summed E-state index contributed by atoms with van der Waals surface area (Å²) in [6.45, 7) is 3.87. The number of sulfonamides is 1. The standard InChI is InChI=1S/C21H25N3O2S/c1-16-5-7-19(8-6-16)27(25,26)24-13-10-18(11-14-24)23-15-17-3-2-4-21-20(17)9-12-22-21/h2-9,12,18,22-23H,10-11,13-15H2,1H3. The van der Waals surface area contributed by atoms with Crippen molar-refractivity contribution in [1.82, 2.24) is 14.6 Å². The maximum Gasteiger partial charge on any atom is 0.243 e. The topological polar surface area (TPSA) is 65.2 Å². The second-order valence-corrected chi connectivity index (χ2v) is 9.17. The molecule has 0 aliphatic carbocycles. The van der Waals surface area contributed by atoms with E-state index in [9.17, 15) is 8.42 Å². The Morgan fingerprint density at radius 1 is 1.07 bits per heavy atom. The second kappa shape index (κ2) is 7.46. The van der Waals surface area contributed by atoms with E-state index in [1.807, 2.05) is 25.3 Å². The van der Waals surface area contributed by atoms with Crippen molar-refractivity contribution in [1.29, 1.82) is 0 Å². The third-order valence-electron chi connectivity index (χ3n) is 5.38. The molecule has 1 aromatic heterocycles. The molecule has 0 amide bonds. The summed E-state index contributed by atoms with van der Waals surface area (Å²) in [5.41, 5.74) is 3.48. The Kier molecular flexibility index (Phi) is 5.04. The van der Waals surface area contributed by atoms with Gasteiger partial charge >= 0.3 is 0 Å². The minimum Gasteiger partial charge on any atom is -0.361 e. The summed E-state index contributed by atoms with van der Waals surface area (Å²) in [5, 5.41) is 4.84. The lowest BCUT2D eigenvalue weighted by atomic mass is 10.1. The maximum atomic E-state index is 12.8. The summed E-state index contributed by atoms with van der Waals surface area (Å²) >= 11 is 0. The molecular formula is C21H25N3O2S. The summed E-state index contributed by atoms with van der Waals surface area (Å²) in [5.74, 6) is 0. The first kappa shape index (κ1) is 18.2. The van der Waals surface area contributed by atoms with E-state index in [-0.39, 0.29) is 0 Å². The number of nitrogens with zero attached hydrogens (tertiary/aromatic N) is 1. The molecule has 27 heavy (non-hydrogen) atoms. The smallest absolute Gasteiger partial charge is 0.243 e. The van der Waals surface area contributed by atoms with Crippen LogP contribution in [0.5, 0.6) is 0 Å². The molecule has 0 spiro atoms. The number of H-pyrrole nitrogens is 1. The minimum absolute atomic E-state index is 0.337. The van der Waals surface area contributed by atoms with Crippen LogP contribution in [0.3, 0.4) is 0 Å². The zero-order valence-electron chi connectivity index (χ0n) is 15.5. The van der Waals surface area contributed by atoms with Crippen LogP contribution in [0.15, 0.2) is 59.6 Å². The summed E-state index contributed by atoms with van der Waals surface area (Å²) in [6.07, 6.45) is 3.62. The summed E-state index contributed by atoms with van der Waals surface area (Å²) in [7, 11) is -3.39. The zero-order valence-corrected chi connectivity index (χ0v) is 16.3. The molecule has 3 aromatic rings. The van der Waals surface area contributed by atoms with Gasteiger partial charge in [-0.3, -0.25) is 0 Å². The lowest BCUT2D eigenvalue weighted by Crippen LogP contribution is -2.44. The van der Waals surface area contributed by atoms with Crippen molar-refractivity contribution in [2.75, 3.05) is 13.1 Å². The largest absolute Gasteiger partial charge is 0.361 e. The summed E-state index contributed by atoms with van der Waals surface area (Å²) < 4.78 is 27.2. The monoisotopic (exact) mass is 383 g/mol. The van der Waals surface area contributed by atoms with Gasteiger partial charge < -0.3 is 10.3 Å². The van der Waals surface area contributed by atoms with Gasteiger partial charge in [-0.25, -0.2) is 8.42 Å². The Labute approximate surface area is 160 Å². The molecule has 6 heteroatoms. The van der Waals surface area contributed by atoms with Gasteiger partial charge in [0.15, 0.2) is 0 Å². The van der Waals surface area contributed by atoms with Gasteiger partial charge in [0, 0.05) is 42.8 Å². The fraction of sp³-hybridized carbons (Fsp3) is 0.333.